The van der Waals surface area contributed by atoms with Crippen LogP contribution in [0.15, 0.2) is 138 Å². The first-order valence-corrected chi connectivity index (χ1v) is 22.2. The Balaban J connectivity index is 1.30. The molecule has 5 aromatic carbocycles. The van der Waals surface area contributed by atoms with Crippen molar-refractivity contribution in [2.75, 3.05) is 6.54 Å². The number of carbonyl (C=O) groups excluding carboxylic acids is 5. The minimum absolute atomic E-state index is 0.0394. The molecule has 0 saturated heterocycles. The van der Waals surface area contributed by atoms with Gasteiger partial charge in [0.2, 0.25) is 11.9 Å². The van der Waals surface area contributed by atoms with Gasteiger partial charge in [-0.05, 0) is 92.1 Å². The number of aryl methyl sites for hydroxylation is 2. The quantitative estimate of drug-likeness (QED) is 0.0357. The molecular weight excluding hydrogens is 851 g/mol. The molecule has 0 heterocycles. The SMILES string of the molecule is Cc1cc(OCc2ccccc2)cc(C)c1C[C@H](NC(=O)OC(C)(C)C)C(=O)C[C@H](C)C(=O)NC[C@H](Cc1ccccc1)N=C(NC(=O)OCc1ccccc1)NC(=O)OCc1ccccc1. The van der Waals surface area contributed by atoms with Crippen molar-refractivity contribution in [3.63, 3.8) is 0 Å². The van der Waals surface area contributed by atoms with E-state index in [1.165, 1.54) is 0 Å². The molecule has 0 aliphatic heterocycles. The number of amides is 4. The molecule has 0 spiro atoms. The summed E-state index contributed by atoms with van der Waals surface area (Å²) in [7, 11) is 0. The highest BCUT2D eigenvalue weighted by Gasteiger charge is 2.29. The molecule has 14 nitrogen and oxygen atoms in total. The van der Waals surface area contributed by atoms with E-state index in [9.17, 15) is 24.0 Å². The second-order valence-corrected chi connectivity index (χ2v) is 17.2. The number of rotatable bonds is 19. The number of ketones is 1. The van der Waals surface area contributed by atoms with E-state index in [2.05, 4.69) is 26.3 Å². The molecule has 3 atom stereocenters. The average Bonchev–Trinajstić information content (AvgIpc) is 3.30. The first kappa shape index (κ1) is 50.5. The molecule has 0 unspecified atom stereocenters. The highest BCUT2D eigenvalue weighted by molar-refractivity contribution is 6.01. The summed E-state index contributed by atoms with van der Waals surface area (Å²) in [5.74, 6) is -1.22. The summed E-state index contributed by atoms with van der Waals surface area (Å²) in [4.78, 5) is 71.9. The Hall–Kier alpha value is -7.48. The van der Waals surface area contributed by atoms with Gasteiger partial charge in [0.05, 0.1) is 12.1 Å². The molecule has 0 aromatic heterocycles. The normalized spacial score (nSPS) is 12.3. The smallest absolute Gasteiger partial charge is 0.414 e. The third-order valence-corrected chi connectivity index (χ3v) is 10.4. The van der Waals surface area contributed by atoms with Crippen LogP contribution in [0.25, 0.3) is 0 Å². The van der Waals surface area contributed by atoms with Crippen LogP contribution < -0.4 is 26.0 Å². The summed E-state index contributed by atoms with van der Waals surface area (Å²) in [6, 6.07) is 39.4. The molecule has 0 bridgehead atoms. The molecule has 14 heteroatoms. The van der Waals surface area contributed by atoms with E-state index in [-0.39, 0.29) is 50.8 Å². The first-order chi connectivity index (χ1) is 32.1. The maximum Gasteiger partial charge on any atom is 0.414 e. The van der Waals surface area contributed by atoms with Crippen molar-refractivity contribution < 1.29 is 42.9 Å². The lowest BCUT2D eigenvalue weighted by atomic mass is 9.91. The number of hydrogen-bond acceptors (Lipinski definition) is 10. The van der Waals surface area contributed by atoms with E-state index < -0.39 is 47.8 Å². The predicted octanol–water partition coefficient (Wildman–Crippen LogP) is 8.85. The molecule has 5 rings (SSSR count). The molecule has 4 amide bonds. The Morgan fingerprint density at radius 3 is 1.55 bits per heavy atom. The third-order valence-electron chi connectivity index (χ3n) is 10.4. The third kappa shape index (κ3) is 18.1. The van der Waals surface area contributed by atoms with Crippen molar-refractivity contribution in [3.05, 3.63) is 172 Å². The summed E-state index contributed by atoms with van der Waals surface area (Å²) < 4.78 is 22.5. The Morgan fingerprint density at radius 1 is 0.612 bits per heavy atom. The van der Waals surface area contributed by atoms with Gasteiger partial charge in [-0.25, -0.2) is 19.4 Å². The van der Waals surface area contributed by atoms with Gasteiger partial charge in [-0.3, -0.25) is 20.2 Å². The van der Waals surface area contributed by atoms with Gasteiger partial charge in [0.1, 0.15) is 31.2 Å². The number of nitrogens with one attached hydrogen (secondary N) is 4. The number of guanidine groups is 1. The minimum atomic E-state index is -1.02. The number of hydrogen-bond donors (Lipinski definition) is 4. The molecule has 4 N–H and O–H groups in total. The lowest BCUT2D eigenvalue weighted by Crippen LogP contribution is -2.47. The van der Waals surface area contributed by atoms with E-state index in [4.69, 9.17) is 18.9 Å². The molecule has 5 aromatic rings. The van der Waals surface area contributed by atoms with E-state index in [0.717, 1.165) is 38.9 Å². The van der Waals surface area contributed by atoms with Gasteiger partial charge < -0.3 is 29.6 Å². The monoisotopic (exact) mass is 911 g/mol. The Bertz CT molecular complexity index is 2340. The lowest BCUT2D eigenvalue weighted by molar-refractivity contribution is -0.129. The van der Waals surface area contributed by atoms with Crippen molar-refractivity contribution in [2.45, 2.75) is 98.3 Å². The van der Waals surface area contributed by atoms with E-state index in [1.54, 1.807) is 52.0 Å². The predicted molar refractivity (Wildman–Crippen MR) is 256 cm³/mol. The van der Waals surface area contributed by atoms with Gasteiger partial charge in [0, 0.05) is 25.3 Å². The number of alkyl carbamates (subject to hydrolysis) is 3. The highest BCUT2D eigenvalue weighted by atomic mass is 16.6. The zero-order valence-electron chi connectivity index (χ0n) is 39.0. The fraction of sp³-hybridized carbons (Fsp3) is 0.321. The molecule has 0 aliphatic carbocycles. The zero-order valence-corrected chi connectivity index (χ0v) is 39.0. The Morgan fingerprint density at radius 2 is 1.07 bits per heavy atom. The van der Waals surface area contributed by atoms with Crippen molar-refractivity contribution in [1.29, 1.82) is 0 Å². The van der Waals surface area contributed by atoms with Gasteiger partial charge >= 0.3 is 18.3 Å². The van der Waals surface area contributed by atoms with Crippen molar-refractivity contribution in [2.24, 2.45) is 10.9 Å². The lowest BCUT2D eigenvalue weighted by Gasteiger charge is -2.25. The van der Waals surface area contributed by atoms with Crippen molar-refractivity contribution in [3.8, 4) is 5.75 Å². The fourth-order valence-electron chi connectivity index (χ4n) is 6.97. The van der Waals surface area contributed by atoms with Crippen LogP contribution in [0.4, 0.5) is 14.4 Å². The van der Waals surface area contributed by atoms with E-state index in [0.29, 0.717) is 12.4 Å². The van der Waals surface area contributed by atoms with Crippen LogP contribution in [-0.2, 0) is 56.5 Å². The van der Waals surface area contributed by atoms with Gasteiger partial charge in [0.15, 0.2) is 5.78 Å². The van der Waals surface area contributed by atoms with Crippen LogP contribution in [0.1, 0.15) is 73.1 Å². The fourth-order valence-corrected chi connectivity index (χ4v) is 6.97. The molecule has 0 fully saturated rings. The number of ether oxygens (including phenoxy) is 4. The number of Topliss-reactive ketones (excluding diaryl/α,β-unsaturated/α-hetero) is 1. The summed E-state index contributed by atoms with van der Waals surface area (Å²) in [6.07, 6.45) is -2.28. The van der Waals surface area contributed by atoms with Crippen LogP contribution in [0.2, 0.25) is 0 Å². The molecule has 0 radical (unpaired) electrons. The number of aliphatic imine (C=N–C) groups is 1. The number of benzene rings is 5. The summed E-state index contributed by atoms with van der Waals surface area (Å²) in [5.41, 5.74) is 5.18. The zero-order chi connectivity index (χ0) is 48.2. The summed E-state index contributed by atoms with van der Waals surface area (Å²) in [5, 5.41) is 10.7. The van der Waals surface area contributed by atoms with Crippen LogP contribution in [0.5, 0.6) is 5.75 Å². The Kier molecular flexibility index (Phi) is 19.1. The van der Waals surface area contributed by atoms with Gasteiger partial charge in [-0.1, -0.05) is 128 Å². The molecule has 352 valence electrons. The molecule has 0 saturated carbocycles. The van der Waals surface area contributed by atoms with Crippen LogP contribution >= 0.6 is 0 Å². The van der Waals surface area contributed by atoms with Gasteiger partial charge in [-0.2, -0.15) is 0 Å². The molecular formula is C53H61N5O9. The second kappa shape index (κ2) is 25.3. The number of carbonyl (C=O) groups is 5. The minimum Gasteiger partial charge on any atom is -0.489 e. The standard InChI is InChI=1S/C53H61N5O9/c1-36-27-44(64-33-40-21-13-8-14-22-40)28-37(2)45(36)31-46(56-52(63)67-53(4,5)6)47(59)29-38(3)48(60)54-32-43(30-39-19-11-7-12-20-39)55-49(57-50(61)65-34-41-23-15-9-16-24-41)58-51(62)66-35-42-25-17-10-18-26-42/h7-28,38,43,46H,29-35H2,1-6H3,(H,54,60)(H,56,63)(H2,55,57,58,61,62)/t38-,43-,46-/m0/s1. The first-order valence-electron chi connectivity index (χ1n) is 22.2. The number of nitrogens with zero attached hydrogens (tertiary/aromatic N) is 1. The van der Waals surface area contributed by atoms with Crippen LogP contribution in [0, 0.1) is 19.8 Å². The van der Waals surface area contributed by atoms with E-state index >= 15 is 0 Å². The van der Waals surface area contributed by atoms with Crippen LogP contribution in [0.3, 0.4) is 0 Å². The van der Waals surface area contributed by atoms with Gasteiger partial charge in [0.25, 0.3) is 0 Å². The van der Waals surface area contributed by atoms with E-state index in [1.807, 2.05) is 123 Å². The Labute approximate surface area is 392 Å². The van der Waals surface area contributed by atoms with Gasteiger partial charge in [-0.15, -0.1) is 0 Å². The second-order valence-electron chi connectivity index (χ2n) is 17.2. The summed E-state index contributed by atoms with van der Waals surface area (Å²) >= 11 is 0. The van der Waals surface area contributed by atoms with Crippen LogP contribution in [-0.4, -0.2) is 60.2 Å². The topological polar surface area (TPSA) is 183 Å². The van der Waals surface area contributed by atoms with Crippen molar-refractivity contribution in [1.82, 2.24) is 21.3 Å². The maximum absolute atomic E-state index is 14.1. The highest BCUT2D eigenvalue weighted by Crippen LogP contribution is 2.25. The molecule has 67 heavy (non-hydrogen) atoms. The van der Waals surface area contributed by atoms with Crippen molar-refractivity contribution >= 4 is 35.9 Å². The molecule has 0 aliphatic rings. The summed E-state index contributed by atoms with van der Waals surface area (Å²) in [6.45, 7) is 10.9. The average molecular weight is 912 g/mol. The maximum atomic E-state index is 14.1. The largest absolute Gasteiger partial charge is 0.489 e.